The van der Waals surface area contributed by atoms with Crippen LogP contribution in [0.4, 0.5) is 5.69 Å². The number of rotatable bonds is 6. The SMILES string of the molecule is CC(C)N(CC1CC1)c1ccncc1CNC(C)(C)C. The van der Waals surface area contributed by atoms with Crippen molar-refractivity contribution in [2.75, 3.05) is 11.4 Å². The Labute approximate surface area is 123 Å². The van der Waals surface area contributed by atoms with Gasteiger partial charge in [0, 0.05) is 48.3 Å². The van der Waals surface area contributed by atoms with Gasteiger partial charge in [-0.3, -0.25) is 4.98 Å². The van der Waals surface area contributed by atoms with Crippen molar-refractivity contribution in [3.05, 3.63) is 24.0 Å². The minimum atomic E-state index is 0.131. The molecule has 1 saturated carbocycles. The number of hydrogen-bond donors (Lipinski definition) is 1. The molecule has 0 atom stereocenters. The van der Waals surface area contributed by atoms with Crippen LogP contribution in [0.15, 0.2) is 18.5 Å². The van der Waals surface area contributed by atoms with Gasteiger partial charge in [-0.1, -0.05) is 0 Å². The maximum absolute atomic E-state index is 4.32. The number of anilines is 1. The van der Waals surface area contributed by atoms with Crippen molar-refractivity contribution in [2.24, 2.45) is 5.92 Å². The number of nitrogens with one attached hydrogen (secondary N) is 1. The lowest BCUT2D eigenvalue weighted by molar-refractivity contribution is 0.423. The minimum absolute atomic E-state index is 0.131. The first kappa shape index (κ1) is 15.3. The molecule has 0 amide bonds. The molecule has 2 rings (SSSR count). The van der Waals surface area contributed by atoms with Crippen LogP contribution in [0.25, 0.3) is 0 Å². The molecule has 1 aliphatic carbocycles. The van der Waals surface area contributed by atoms with Gasteiger partial charge in [0.1, 0.15) is 0 Å². The molecular formula is C17H29N3. The van der Waals surface area contributed by atoms with Crippen LogP contribution in [-0.2, 0) is 6.54 Å². The lowest BCUT2D eigenvalue weighted by atomic mass is 10.1. The number of aromatic nitrogens is 1. The monoisotopic (exact) mass is 275 g/mol. The van der Waals surface area contributed by atoms with E-state index >= 15 is 0 Å². The molecule has 20 heavy (non-hydrogen) atoms. The molecule has 1 fully saturated rings. The van der Waals surface area contributed by atoms with Gasteiger partial charge >= 0.3 is 0 Å². The highest BCUT2D eigenvalue weighted by molar-refractivity contribution is 5.53. The van der Waals surface area contributed by atoms with Crippen LogP contribution < -0.4 is 10.2 Å². The summed E-state index contributed by atoms with van der Waals surface area (Å²) in [7, 11) is 0. The molecule has 0 bridgehead atoms. The first-order valence-electron chi connectivity index (χ1n) is 7.81. The van der Waals surface area contributed by atoms with Crippen LogP contribution in [0.3, 0.4) is 0 Å². The summed E-state index contributed by atoms with van der Waals surface area (Å²) in [6.45, 7) is 13.2. The fraction of sp³-hybridized carbons (Fsp3) is 0.706. The predicted octanol–water partition coefficient (Wildman–Crippen LogP) is 3.59. The van der Waals surface area contributed by atoms with Gasteiger partial charge in [-0.05, 0) is 59.4 Å². The third kappa shape index (κ3) is 4.48. The van der Waals surface area contributed by atoms with E-state index in [0.29, 0.717) is 6.04 Å². The zero-order chi connectivity index (χ0) is 14.8. The van der Waals surface area contributed by atoms with Gasteiger partial charge in [-0.2, -0.15) is 0 Å². The average molecular weight is 275 g/mol. The van der Waals surface area contributed by atoms with Crippen molar-refractivity contribution < 1.29 is 0 Å². The Morgan fingerprint density at radius 1 is 1.35 bits per heavy atom. The molecule has 0 aliphatic heterocycles. The summed E-state index contributed by atoms with van der Waals surface area (Å²) < 4.78 is 0. The summed E-state index contributed by atoms with van der Waals surface area (Å²) >= 11 is 0. The van der Waals surface area contributed by atoms with Crippen LogP contribution in [-0.4, -0.2) is 23.1 Å². The molecule has 1 aliphatic rings. The second-order valence-electron chi connectivity index (χ2n) is 7.30. The van der Waals surface area contributed by atoms with E-state index < -0.39 is 0 Å². The lowest BCUT2D eigenvalue weighted by Crippen LogP contribution is -2.37. The highest BCUT2D eigenvalue weighted by Crippen LogP contribution is 2.33. The van der Waals surface area contributed by atoms with Gasteiger partial charge in [-0.15, -0.1) is 0 Å². The van der Waals surface area contributed by atoms with Crippen LogP contribution in [0.2, 0.25) is 0 Å². The smallest absolute Gasteiger partial charge is 0.0445 e. The summed E-state index contributed by atoms with van der Waals surface area (Å²) in [4.78, 5) is 6.86. The Hall–Kier alpha value is -1.09. The van der Waals surface area contributed by atoms with Crippen LogP contribution in [0, 0.1) is 5.92 Å². The van der Waals surface area contributed by atoms with Gasteiger partial charge in [-0.25, -0.2) is 0 Å². The van der Waals surface area contributed by atoms with E-state index in [1.54, 1.807) is 0 Å². The molecule has 1 heterocycles. The Balaban J connectivity index is 2.15. The standard InChI is InChI=1S/C17H29N3/c1-13(2)20(12-14-6-7-14)16-8-9-18-10-15(16)11-19-17(3,4)5/h8-10,13-14,19H,6-7,11-12H2,1-5H3. The summed E-state index contributed by atoms with van der Waals surface area (Å²) in [6.07, 6.45) is 6.71. The molecule has 3 heteroatoms. The van der Waals surface area contributed by atoms with Gasteiger partial charge in [0.05, 0.1) is 0 Å². The maximum Gasteiger partial charge on any atom is 0.0445 e. The molecule has 0 aromatic carbocycles. The quantitative estimate of drug-likeness (QED) is 0.860. The molecule has 112 valence electrons. The molecular weight excluding hydrogens is 246 g/mol. The third-order valence-corrected chi connectivity index (χ3v) is 3.77. The summed E-state index contributed by atoms with van der Waals surface area (Å²) in [5, 5.41) is 3.57. The zero-order valence-electron chi connectivity index (χ0n) is 13.6. The van der Waals surface area contributed by atoms with E-state index in [0.717, 1.165) is 12.5 Å². The minimum Gasteiger partial charge on any atom is -0.368 e. The topological polar surface area (TPSA) is 28.2 Å². The lowest BCUT2D eigenvalue weighted by Gasteiger charge is -2.31. The zero-order valence-corrected chi connectivity index (χ0v) is 13.6. The summed E-state index contributed by atoms with van der Waals surface area (Å²) in [5.41, 5.74) is 2.78. The van der Waals surface area contributed by atoms with E-state index in [-0.39, 0.29) is 5.54 Å². The normalized spacial score (nSPS) is 15.7. The van der Waals surface area contributed by atoms with Gasteiger partial charge in [0.2, 0.25) is 0 Å². The summed E-state index contributed by atoms with van der Waals surface area (Å²) in [5.74, 6) is 0.897. The summed E-state index contributed by atoms with van der Waals surface area (Å²) in [6, 6.07) is 2.70. The van der Waals surface area contributed by atoms with Crippen LogP contribution >= 0.6 is 0 Å². The van der Waals surface area contributed by atoms with E-state index in [1.165, 1.54) is 30.6 Å². The van der Waals surface area contributed by atoms with Crippen molar-refractivity contribution in [2.45, 2.75) is 65.6 Å². The van der Waals surface area contributed by atoms with E-state index in [4.69, 9.17) is 0 Å². The van der Waals surface area contributed by atoms with Crippen molar-refractivity contribution in [3.63, 3.8) is 0 Å². The van der Waals surface area contributed by atoms with Crippen molar-refractivity contribution in [1.82, 2.24) is 10.3 Å². The van der Waals surface area contributed by atoms with Gasteiger partial charge < -0.3 is 10.2 Å². The predicted molar refractivity (Wildman–Crippen MR) is 86.0 cm³/mol. The van der Waals surface area contributed by atoms with Crippen molar-refractivity contribution in [3.8, 4) is 0 Å². The molecule has 1 aromatic rings. The van der Waals surface area contributed by atoms with Crippen molar-refractivity contribution >= 4 is 5.69 Å². The molecule has 0 spiro atoms. The number of pyridine rings is 1. The number of hydrogen-bond acceptors (Lipinski definition) is 3. The molecule has 1 N–H and O–H groups in total. The Kier molecular flexibility index (Phi) is 4.69. The first-order valence-corrected chi connectivity index (χ1v) is 7.81. The second-order valence-corrected chi connectivity index (χ2v) is 7.30. The van der Waals surface area contributed by atoms with E-state index in [2.05, 4.69) is 55.9 Å². The fourth-order valence-electron chi connectivity index (χ4n) is 2.36. The highest BCUT2D eigenvalue weighted by atomic mass is 15.2. The Morgan fingerprint density at radius 3 is 2.60 bits per heavy atom. The van der Waals surface area contributed by atoms with E-state index in [1.807, 2.05) is 12.4 Å². The second kappa shape index (κ2) is 6.13. The van der Waals surface area contributed by atoms with Crippen LogP contribution in [0.5, 0.6) is 0 Å². The van der Waals surface area contributed by atoms with Gasteiger partial charge in [0.15, 0.2) is 0 Å². The molecule has 0 unspecified atom stereocenters. The fourth-order valence-corrected chi connectivity index (χ4v) is 2.36. The Morgan fingerprint density at radius 2 is 2.05 bits per heavy atom. The highest BCUT2D eigenvalue weighted by Gasteiger charge is 2.26. The molecule has 0 saturated heterocycles. The maximum atomic E-state index is 4.32. The number of nitrogens with zero attached hydrogens (tertiary/aromatic N) is 2. The van der Waals surface area contributed by atoms with Gasteiger partial charge in [0.25, 0.3) is 0 Å². The molecule has 3 nitrogen and oxygen atoms in total. The molecule has 1 aromatic heterocycles. The molecule has 0 radical (unpaired) electrons. The average Bonchev–Trinajstić information content (AvgIpc) is 3.17. The third-order valence-electron chi connectivity index (χ3n) is 3.77. The van der Waals surface area contributed by atoms with Crippen molar-refractivity contribution in [1.29, 1.82) is 0 Å². The Bertz CT molecular complexity index is 430. The van der Waals surface area contributed by atoms with E-state index in [9.17, 15) is 0 Å². The largest absolute Gasteiger partial charge is 0.368 e. The van der Waals surface area contributed by atoms with Crippen LogP contribution in [0.1, 0.15) is 53.0 Å². The first-order chi connectivity index (χ1) is 9.37.